The molecule has 1 amide bonds. The first-order chi connectivity index (χ1) is 15.3. The van der Waals surface area contributed by atoms with Crippen molar-refractivity contribution in [2.75, 3.05) is 5.32 Å². The van der Waals surface area contributed by atoms with Gasteiger partial charge in [-0.2, -0.15) is 0 Å². The number of carbonyl (C=O) groups excluding carboxylic acids is 1. The lowest BCUT2D eigenvalue weighted by Crippen LogP contribution is -2.17. The van der Waals surface area contributed by atoms with Crippen molar-refractivity contribution in [3.8, 4) is 11.5 Å². The molecule has 0 saturated carbocycles. The molecule has 0 unspecified atom stereocenters. The van der Waals surface area contributed by atoms with Crippen LogP contribution in [0.3, 0.4) is 0 Å². The Kier molecular flexibility index (Phi) is 7.06. The highest BCUT2D eigenvalue weighted by Crippen LogP contribution is 2.24. The molecule has 0 heterocycles. The first-order valence-corrected chi connectivity index (χ1v) is 9.14. The molecule has 0 bridgehead atoms. The molecule has 3 aromatic carbocycles. The number of rotatable bonds is 6. The van der Waals surface area contributed by atoms with Gasteiger partial charge < -0.3 is 15.2 Å². The Bertz CT molecular complexity index is 1100. The van der Waals surface area contributed by atoms with Gasteiger partial charge in [-0.05, 0) is 60.7 Å². The Labute approximate surface area is 181 Å². The van der Waals surface area contributed by atoms with Gasteiger partial charge in [0.2, 0.25) is 0 Å². The van der Waals surface area contributed by atoms with E-state index in [1.54, 1.807) is 48.5 Å². The number of carbonyl (C=O) groups is 1. The topological polar surface area (TPSA) is 98.3 Å². The molecule has 0 aromatic heterocycles. The first-order valence-electron chi connectivity index (χ1n) is 9.14. The van der Waals surface area contributed by atoms with Crippen LogP contribution in [0.5, 0.6) is 11.5 Å². The molecule has 0 aliphatic carbocycles. The van der Waals surface area contributed by atoms with Gasteiger partial charge in [0.25, 0.3) is 0 Å². The zero-order chi connectivity index (χ0) is 23.0. The summed E-state index contributed by atoms with van der Waals surface area (Å²) in [5.74, 6) is 0.227. The van der Waals surface area contributed by atoms with Gasteiger partial charge in [0, 0.05) is 11.3 Å². The van der Waals surface area contributed by atoms with Crippen LogP contribution in [0.25, 0.3) is 0 Å². The second-order valence-corrected chi connectivity index (χ2v) is 6.21. The minimum absolute atomic E-state index is 0.157. The lowest BCUT2D eigenvalue weighted by atomic mass is 10.2. The van der Waals surface area contributed by atoms with E-state index >= 15 is 0 Å². The van der Waals surface area contributed by atoms with Crippen LogP contribution in [0.2, 0.25) is 0 Å². The molecule has 0 radical (unpaired) electrons. The molecule has 0 fully saturated rings. The van der Waals surface area contributed by atoms with Crippen molar-refractivity contribution in [1.29, 1.82) is 0 Å². The Balaban J connectivity index is 1.55. The molecular weight excluding hydrogens is 425 g/mol. The summed E-state index contributed by atoms with van der Waals surface area (Å²) < 4.78 is 45.4. The largest absolute Gasteiger partial charge is 0.573 e. The fourth-order valence-electron chi connectivity index (χ4n) is 2.43. The molecule has 7 nitrogen and oxygen atoms in total. The molecule has 32 heavy (non-hydrogen) atoms. The third kappa shape index (κ3) is 7.17. The minimum atomic E-state index is -4.75. The number of benzene rings is 3. The highest BCUT2D eigenvalue weighted by atomic mass is 19.4. The number of nitrogens with zero attached hydrogens (tertiary/aromatic N) is 2. The van der Waals surface area contributed by atoms with Crippen LogP contribution >= 0.6 is 0 Å². The van der Waals surface area contributed by atoms with Crippen LogP contribution in [-0.2, 0) is 0 Å². The predicted molar refractivity (Wildman–Crippen MR) is 115 cm³/mol. The second-order valence-electron chi connectivity index (χ2n) is 6.21. The van der Waals surface area contributed by atoms with Crippen molar-refractivity contribution < 1.29 is 27.4 Å². The van der Waals surface area contributed by atoms with Gasteiger partial charge in [-0.3, -0.25) is 5.32 Å². The van der Waals surface area contributed by atoms with E-state index in [-0.39, 0.29) is 11.6 Å². The van der Waals surface area contributed by atoms with E-state index in [4.69, 9.17) is 10.5 Å². The van der Waals surface area contributed by atoms with Gasteiger partial charge in [-0.1, -0.05) is 18.2 Å². The van der Waals surface area contributed by atoms with Gasteiger partial charge in [0.05, 0.1) is 5.69 Å². The zero-order valence-electron chi connectivity index (χ0n) is 16.4. The quantitative estimate of drug-likeness (QED) is 0.402. The third-order valence-electron chi connectivity index (χ3n) is 3.85. The van der Waals surface area contributed by atoms with Crippen molar-refractivity contribution >= 4 is 29.6 Å². The molecule has 10 heteroatoms. The number of halogens is 3. The van der Waals surface area contributed by atoms with E-state index in [0.29, 0.717) is 22.7 Å². The monoisotopic (exact) mass is 442 g/mol. The number of hydrogen-bond acceptors (Lipinski definition) is 4. The van der Waals surface area contributed by atoms with Crippen molar-refractivity contribution in [1.82, 2.24) is 0 Å². The summed E-state index contributed by atoms with van der Waals surface area (Å²) in [5, 5.41) is 2.59. The summed E-state index contributed by atoms with van der Waals surface area (Å²) >= 11 is 0. The van der Waals surface area contributed by atoms with Crippen LogP contribution in [0.15, 0.2) is 88.8 Å². The van der Waals surface area contributed by atoms with E-state index in [1.165, 1.54) is 18.5 Å². The van der Waals surface area contributed by atoms with E-state index in [9.17, 15) is 18.0 Å². The highest BCUT2D eigenvalue weighted by molar-refractivity contribution is 6.01. The van der Waals surface area contributed by atoms with Gasteiger partial charge in [-0.25, -0.2) is 14.8 Å². The van der Waals surface area contributed by atoms with Gasteiger partial charge >= 0.3 is 12.5 Å². The van der Waals surface area contributed by atoms with E-state index in [0.717, 1.165) is 12.1 Å². The average Bonchev–Trinajstić information content (AvgIpc) is 2.75. The molecular formula is C22H17F3N4O3. The molecule has 3 rings (SSSR count). The van der Waals surface area contributed by atoms with Crippen LogP contribution in [0.4, 0.5) is 29.3 Å². The van der Waals surface area contributed by atoms with Crippen molar-refractivity contribution in [3.05, 3.63) is 84.4 Å². The van der Waals surface area contributed by atoms with Crippen LogP contribution in [-0.4, -0.2) is 24.6 Å². The van der Waals surface area contributed by atoms with Gasteiger partial charge in [-0.15, -0.1) is 13.2 Å². The molecule has 0 spiro atoms. The maximum absolute atomic E-state index is 12.2. The standard InChI is InChI=1S/C22H17F3N4O3/c23-22(24,25)32-19-12-10-16(11-13-19)27-14-28-20(26)15-6-8-17(9-7-15)29-21(30)31-18-4-2-1-3-5-18/h1-14H,(H,29,30)(H2,26,27,28). The van der Waals surface area contributed by atoms with Crippen molar-refractivity contribution in [2.45, 2.75) is 6.36 Å². The van der Waals surface area contributed by atoms with Crippen LogP contribution in [0.1, 0.15) is 5.56 Å². The second kappa shape index (κ2) is 10.1. The average molecular weight is 442 g/mol. The van der Waals surface area contributed by atoms with E-state index in [1.807, 2.05) is 6.07 Å². The normalized spacial score (nSPS) is 11.9. The van der Waals surface area contributed by atoms with Crippen molar-refractivity contribution in [2.24, 2.45) is 15.7 Å². The molecule has 3 N–H and O–H groups in total. The molecule has 0 aliphatic heterocycles. The number of para-hydroxylation sites is 1. The molecule has 0 saturated heterocycles. The van der Waals surface area contributed by atoms with Crippen LogP contribution in [0, 0.1) is 0 Å². The van der Waals surface area contributed by atoms with Crippen LogP contribution < -0.4 is 20.5 Å². The van der Waals surface area contributed by atoms with Gasteiger partial charge in [0.15, 0.2) is 0 Å². The third-order valence-corrected chi connectivity index (χ3v) is 3.85. The van der Waals surface area contributed by atoms with E-state index in [2.05, 4.69) is 20.0 Å². The number of anilines is 1. The van der Waals surface area contributed by atoms with Crippen molar-refractivity contribution in [3.63, 3.8) is 0 Å². The minimum Gasteiger partial charge on any atom is -0.410 e. The zero-order valence-corrected chi connectivity index (χ0v) is 16.4. The SMILES string of the molecule is NC(=NC=Nc1ccc(OC(F)(F)F)cc1)c1ccc(NC(=O)Oc2ccccc2)cc1. The number of aliphatic imine (C=N–C) groups is 2. The predicted octanol–water partition coefficient (Wildman–Crippen LogP) is 5.26. The number of nitrogens with one attached hydrogen (secondary N) is 1. The Hall–Kier alpha value is -4.34. The molecule has 3 aromatic rings. The molecule has 0 atom stereocenters. The number of amides is 1. The Morgan fingerprint density at radius 2 is 1.56 bits per heavy atom. The number of amidine groups is 1. The summed E-state index contributed by atoms with van der Waals surface area (Å²) in [4.78, 5) is 19.9. The maximum atomic E-state index is 12.2. The molecule has 164 valence electrons. The highest BCUT2D eigenvalue weighted by Gasteiger charge is 2.30. The fourth-order valence-corrected chi connectivity index (χ4v) is 2.43. The lowest BCUT2D eigenvalue weighted by Gasteiger charge is -2.08. The first kappa shape index (κ1) is 22.3. The number of hydrogen-bond donors (Lipinski definition) is 2. The smallest absolute Gasteiger partial charge is 0.410 e. The number of ether oxygens (including phenoxy) is 2. The summed E-state index contributed by atoms with van der Waals surface area (Å²) in [6.07, 6.45) is -4.21. The van der Waals surface area contributed by atoms with Gasteiger partial charge in [0.1, 0.15) is 23.7 Å². The Morgan fingerprint density at radius 3 is 2.19 bits per heavy atom. The molecule has 0 aliphatic rings. The Morgan fingerprint density at radius 1 is 0.906 bits per heavy atom. The fraction of sp³-hybridized carbons (Fsp3) is 0.0455. The maximum Gasteiger partial charge on any atom is 0.573 e. The summed E-state index contributed by atoms with van der Waals surface area (Å²) in [7, 11) is 0. The summed E-state index contributed by atoms with van der Waals surface area (Å²) in [6, 6.07) is 20.1. The summed E-state index contributed by atoms with van der Waals surface area (Å²) in [5.41, 5.74) is 7.35. The number of alkyl halides is 3. The van der Waals surface area contributed by atoms with E-state index < -0.39 is 12.5 Å². The lowest BCUT2D eigenvalue weighted by molar-refractivity contribution is -0.274. The summed E-state index contributed by atoms with van der Waals surface area (Å²) in [6.45, 7) is 0. The number of nitrogens with two attached hydrogens (primary N) is 1.